The highest BCUT2D eigenvalue weighted by molar-refractivity contribution is 5.96. The number of para-hydroxylation sites is 1. The van der Waals surface area contributed by atoms with Gasteiger partial charge in [-0.2, -0.15) is 10.1 Å². The van der Waals surface area contributed by atoms with Gasteiger partial charge in [-0.05, 0) is 49.9 Å². The molecule has 6 rings (SSSR count). The van der Waals surface area contributed by atoms with E-state index in [0.717, 1.165) is 45.3 Å². The van der Waals surface area contributed by atoms with Gasteiger partial charge in [-0.1, -0.05) is 78.9 Å². The normalized spacial score (nSPS) is 15.0. The number of aryl methyl sites for hydroxylation is 1. The molecule has 1 aliphatic rings. The lowest BCUT2D eigenvalue weighted by Gasteiger charge is -2.24. The minimum Gasteiger partial charge on any atom is -0.473 e. The molecule has 1 saturated heterocycles. The third-order valence-corrected chi connectivity index (χ3v) is 7.71. The smallest absolute Gasteiger partial charge is 0.410 e. The Morgan fingerprint density at radius 1 is 0.864 bits per heavy atom. The number of aromatic nitrogens is 3. The summed E-state index contributed by atoms with van der Waals surface area (Å²) in [6, 6.07) is 30.2. The van der Waals surface area contributed by atoms with Gasteiger partial charge in [0.05, 0.1) is 11.1 Å². The highest BCUT2D eigenvalue weighted by atomic mass is 16.6. The maximum absolute atomic E-state index is 12.8. The van der Waals surface area contributed by atoms with Crippen molar-refractivity contribution >= 4 is 17.0 Å². The van der Waals surface area contributed by atoms with E-state index in [4.69, 9.17) is 24.3 Å². The minimum absolute atomic E-state index is 0.176. The lowest BCUT2D eigenvalue weighted by atomic mass is 9.95. The van der Waals surface area contributed by atoms with Crippen molar-refractivity contribution in [2.24, 2.45) is 7.05 Å². The van der Waals surface area contributed by atoms with Crippen LogP contribution in [-0.4, -0.2) is 44.4 Å². The molecule has 5 aromatic rings. The van der Waals surface area contributed by atoms with Gasteiger partial charge in [0.25, 0.3) is 0 Å². The second kappa shape index (κ2) is 12.4. The summed E-state index contributed by atoms with van der Waals surface area (Å²) in [6.45, 7) is 7.72. The average Bonchev–Trinajstić information content (AvgIpc) is 3.65. The number of amides is 1. The molecule has 2 aromatic heterocycles. The Hall–Kier alpha value is -4.85. The van der Waals surface area contributed by atoms with E-state index in [1.807, 2.05) is 105 Å². The Kier molecular flexibility index (Phi) is 8.24. The highest BCUT2D eigenvalue weighted by Crippen LogP contribution is 2.39. The summed E-state index contributed by atoms with van der Waals surface area (Å²) in [7, 11) is 1.96. The van der Waals surface area contributed by atoms with Gasteiger partial charge in [0.1, 0.15) is 24.5 Å². The van der Waals surface area contributed by atoms with E-state index >= 15 is 0 Å². The van der Waals surface area contributed by atoms with Crippen molar-refractivity contribution in [3.05, 3.63) is 108 Å². The van der Waals surface area contributed by atoms with Crippen molar-refractivity contribution < 1.29 is 19.0 Å². The van der Waals surface area contributed by atoms with Gasteiger partial charge >= 0.3 is 6.09 Å². The van der Waals surface area contributed by atoms with Crippen LogP contribution >= 0.6 is 0 Å². The number of likely N-dealkylation sites (tertiary alicyclic amines) is 1. The molecule has 0 N–H and O–H groups in total. The van der Waals surface area contributed by atoms with Gasteiger partial charge in [-0.25, -0.2) is 4.79 Å². The Bertz CT molecular complexity index is 1750. The maximum Gasteiger partial charge on any atom is 0.410 e. The number of nitrogens with zero attached hydrogens (tertiary/aromatic N) is 4. The SMILES string of the molecule is Cn1nc(-c2ccc(OCc3ccccc3)nc2OCc2ccccc2)c2cccc([C@@H]3CCN(C(=O)OC(C)(C)C)C3)c21. The third kappa shape index (κ3) is 6.54. The number of benzene rings is 3. The van der Waals surface area contributed by atoms with Crippen molar-refractivity contribution in [3.8, 4) is 23.0 Å². The van der Waals surface area contributed by atoms with Crippen molar-refractivity contribution in [2.45, 2.75) is 51.9 Å². The molecule has 0 radical (unpaired) electrons. The van der Waals surface area contributed by atoms with Crippen molar-refractivity contribution in [2.75, 3.05) is 13.1 Å². The fourth-order valence-corrected chi connectivity index (χ4v) is 5.65. The van der Waals surface area contributed by atoms with Crippen LogP contribution < -0.4 is 9.47 Å². The summed E-state index contributed by atoms with van der Waals surface area (Å²) in [5.74, 6) is 1.12. The van der Waals surface area contributed by atoms with E-state index in [2.05, 4.69) is 18.2 Å². The van der Waals surface area contributed by atoms with E-state index in [1.165, 1.54) is 0 Å². The number of carbonyl (C=O) groups excluding carboxylic acids is 1. The van der Waals surface area contributed by atoms with Crippen molar-refractivity contribution in [3.63, 3.8) is 0 Å². The summed E-state index contributed by atoms with van der Waals surface area (Å²) < 4.78 is 20.0. The molecule has 1 atom stereocenters. The summed E-state index contributed by atoms with van der Waals surface area (Å²) in [5, 5.41) is 5.99. The van der Waals surface area contributed by atoms with Crippen LogP contribution in [0.2, 0.25) is 0 Å². The van der Waals surface area contributed by atoms with E-state index in [9.17, 15) is 4.79 Å². The third-order valence-electron chi connectivity index (χ3n) is 7.71. The summed E-state index contributed by atoms with van der Waals surface area (Å²) in [6.07, 6.45) is 0.595. The quantitative estimate of drug-likeness (QED) is 0.186. The lowest BCUT2D eigenvalue weighted by molar-refractivity contribution is 0.0292. The first kappa shape index (κ1) is 29.2. The molecule has 44 heavy (non-hydrogen) atoms. The first-order chi connectivity index (χ1) is 21.2. The topological polar surface area (TPSA) is 78.7 Å². The molecule has 8 nitrogen and oxygen atoms in total. The molecule has 3 heterocycles. The fraction of sp³-hybridized carbons (Fsp3) is 0.306. The molecule has 0 spiro atoms. The van der Waals surface area contributed by atoms with Gasteiger partial charge in [0.2, 0.25) is 11.8 Å². The van der Waals surface area contributed by atoms with Crippen molar-refractivity contribution in [1.29, 1.82) is 0 Å². The van der Waals surface area contributed by atoms with Gasteiger partial charge < -0.3 is 19.1 Å². The van der Waals surface area contributed by atoms with Crippen LogP contribution in [0, 0.1) is 0 Å². The van der Waals surface area contributed by atoms with Crippen LogP contribution in [0.25, 0.3) is 22.2 Å². The molecule has 0 aliphatic carbocycles. The zero-order valence-electron chi connectivity index (χ0n) is 25.7. The predicted octanol–water partition coefficient (Wildman–Crippen LogP) is 7.52. The number of ether oxygens (including phenoxy) is 3. The fourth-order valence-electron chi connectivity index (χ4n) is 5.65. The molecule has 1 amide bonds. The molecule has 0 saturated carbocycles. The predicted molar refractivity (Wildman–Crippen MR) is 171 cm³/mol. The first-order valence-corrected chi connectivity index (χ1v) is 15.0. The second-order valence-corrected chi connectivity index (χ2v) is 12.2. The van der Waals surface area contributed by atoms with Crippen LogP contribution in [0.5, 0.6) is 11.8 Å². The average molecular weight is 591 g/mol. The van der Waals surface area contributed by atoms with Crippen LogP contribution in [0.4, 0.5) is 4.79 Å². The van der Waals surface area contributed by atoms with Gasteiger partial charge in [0, 0.05) is 37.5 Å². The number of pyridine rings is 1. The van der Waals surface area contributed by atoms with Crippen LogP contribution in [0.15, 0.2) is 91.0 Å². The van der Waals surface area contributed by atoms with Crippen LogP contribution in [0.3, 0.4) is 0 Å². The second-order valence-electron chi connectivity index (χ2n) is 12.2. The summed E-state index contributed by atoms with van der Waals surface area (Å²) in [5.41, 5.74) is 5.36. The Balaban J connectivity index is 1.32. The van der Waals surface area contributed by atoms with Gasteiger partial charge in [-0.3, -0.25) is 4.68 Å². The summed E-state index contributed by atoms with van der Waals surface area (Å²) >= 11 is 0. The number of fused-ring (bicyclic) bond motifs is 1. The Labute approximate surface area is 258 Å². The van der Waals surface area contributed by atoms with E-state index in [1.54, 1.807) is 4.90 Å². The summed E-state index contributed by atoms with van der Waals surface area (Å²) in [4.78, 5) is 19.4. The maximum atomic E-state index is 12.8. The molecule has 1 aliphatic heterocycles. The van der Waals surface area contributed by atoms with Crippen LogP contribution in [-0.2, 0) is 25.0 Å². The molecule has 0 unspecified atom stereocenters. The molecule has 0 bridgehead atoms. The van der Waals surface area contributed by atoms with Gasteiger partial charge in [0.15, 0.2) is 0 Å². The Morgan fingerprint density at radius 3 is 2.23 bits per heavy atom. The van der Waals surface area contributed by atoms with Crippen molar-refractivity contribution in [1.82, 2.24) is 19.7 Å². The number of hydrogen-bond donors (Lipinski definition) is 0. The molecule has 3 aromatic carbocycles. The number of carbonyl (C=O) groups is 1. The van der Waals surface area contributed by atoms with E-state index in [0.29, 0.717) is 38.1 Å². The van der Waals surface area contributed by atoms with E-state index < -0.39 is 5.60 Å². The number of rotatable bonds is 8. The van der Waals surface area contributed by atoms with Crippen LogP contribution in [0.1, 0.15) is 49.8 Å². The number of hydrogen-bond acceptors (Lipinski definition) is 6. The standard InChI is InChI=1S/C36H38N4O4/c1-36(2,3)44-35(41)40-21-20-27(22-40)28-16-11-17-29-32(38-39(4)33(28)29)30-18-19-31(42-23-25-12-7-5-8-13-25)37-34(30)43-24-26-14-9-6-10-15-26/h5-19,27H,20-24H2,1-4H3/t27-/m1/s1. The zero-order chi connectivity index (χ0) is 30.7. The van der Waals surface area contributed by atoms with Gasteiger partial charge in [-0.15, -0.1) is 0 Å². The monoisotopic (exact) mass is 590 g/mol. The first-order valence-electron chi connectivity index (χ1n) is 15.0. The largest absolute Gasteiger partial charge is 0.473 e. The molecule has 8 heteroatoms. The van der Waals surface area contributed by atoms with E-state index in [-0.39, 0.29) is 12.0 Å². The minimum atomic E-state index is -0.525. The molecular formula is C36H38N4O4. The molecule has 226 valence electrons. The molecule has 1 fully saturated rings. The molecular weight excluding hydrogens is 552 g/mol. The Morgan fingerprint density at radius 2 is 1.55 bits per heavy atom. The highest BCUT2D eigenvalue weighted by Gasteiger charge is 2.32. The lowest BCUT2D eigenvalue weighted by Crippen LogP contribution is -2.35. The zero-order valence-corrected chi connectivity index (χ0v) is 25.7.